The van der Waals surface area contributed by atoms with Gasteiger partial charge in [-0.2, -0.15) is 0 Å². The number of rotatable bonds is 7. The molecule has 0 aliphatic rings. The van der Waals surface area contributed by atoms with Crippen LogP contribution < -0.4 is 16.8 Å². The monoisotopic (exact) mass is 381 g/mol. The van der Waals surface area contributed by atoms with Crippen molar-refractivity contribution < 1.29 is 8.78 Å². The largest absolute Gasteiger partial charge is 0.330 e. The van der Waals surface area contributed by atoms with Gasteiger partial charge in [-0.15, -0.1) is 21.8 Å². The molecule has 0 amide bonds. The van der Waals surface area contributed by atoms with Crippen LogP contribution in [-0.4, -0.2) is 37.7 Å². The van der Waals surface area contributed by atoms with Gasteiger partial charge in [0.25, 0.3) is 5.92 Å². The van der Waals surface area contributed by atoms with Crippen LogP contribution in [0.5, 0.6) is 0 Å². The molecule has 0 heterocycles. The summed E-state index contributed by atoms with van der Waals surface area (Å²) in [5.41, 5.74) is 9.42. The summed E-state index contributed by atoms with van der Waals surface area (Å²) < 4.78 is 24.9. The van der Waals surface area contributed by atoms with Gasteiger partial charge in [-0.3, -0.25) is 0 Å². The van der Waals surface area contributed by atoms with Crippen molar-refractivity contribution in [3.8, 4) is 0 Å². The number of alkyl halides is 2. The molecule has 106 valence electrons. The van der Waals surface area contributed by atoms with Crippen LogP contribution in [0, 0.1) is 0 Å². The lowest BCUT2D eigenvalue weighted by Crippen LogP contribution is -2.32. The zero-order valence-corrected chi connectivity index (χ0v) is 14.2. The first-order valence-corrected chi connectivity index (χ1v) is 12.4. The molecular weight excluding hydrogens is 355 g/mol. The van der Waals surface area contributed by atoms with Gasteiger partial charge in [-0.05, 0) is 19.5 Å². The molecule has 0 saturated heterocycles. The van der Waals surface area contributed by atoms with E-state index in [9.17, 15) is 8.78 Å². The van der Waals surface area contributed by atoms with Crippen LogP contribution in [0.1, 0.15) is 12.8 Å². The summed E-state index contributed by atoms with van der Waals surface area (Å²) in [5.74, 6) is -2.73. The maximum Gasteiger partial charge on any atom is 0.261 e. The predicted molar refractivity (Wildman–Crippen MR) is 82.5 cm³/mol. The van der Waals surface area contributed by atoms with Crippen molar-refractivity contribution in [1.82, 2.24) is 5.32 Å². The first-order chi connectivity index (χ1) is 7.62. The molecule has 0 fully saturated rings. The smallest absolute Gasteiger partial charge is 0.261 e. The van der Waals surface area contributed by atoms with Crippen molar-refractivity contribution in [2.24, 2.45) is 11.5 Å². The molecule has 0 radical (unpaired) electrons. The lowest BCUT2D eigenvalue weighted by atomic mass is 10.2. The van der Waals surface area contributed by atoms with Gasteiger partial charge in [0.05, 0.1) is 6.54 Å². The highest BCUT2D eigenvalue weighted by atomic mass is 127. The van der Waals surface area contributed by atoms with Crippen molar-refractivity contribution in [3.05, 3.63) is 0 Å². The SMILES string of the molecule is C[Si](C)(C)I.NCCCNCCC(F)(F)CN. The second kappa shape index (κ2) is 10.6. The topological polar surface area (TPSA) is 64.1 Å². The zero-order chi connectivity index (χ0) is 13.9. The Kier molecular flexibility index (Phi) is 12.5. The predicted octanol–water partition coefficient (Wildman–Crippen LogP) is 2.17. The maximum absolute atomic E-state index is 12.5. The molecular formula is C10H26F2IN3Si. The Morgan fingerprint density at radius 1 is 1.18 bits per heavy atom. The van der Waals surface area contributed by atoms with Gasteiger partial charge in [-0.25, -0.2) is 8.78 Å². The minimum Gasteiger partial charge on any atom is -0.330 e. The highest BCUT2D eigenvalue weighted by Crippen LogP contribution is 2.14. The lowest BCUT2D eigenvalue weighted by Gasteiger charge is -2.13. The van der Waals surface area contributed by atoms with Gasteiger partial charge in [0.2, 0.25) is 0 Å². The average molecular weight is 381 g/mol. The van der Waals surface area contributed by atoms with Crippen molar-refractivity contribution in [2.75, 3.05) is 26.2 Å². The van der Waals surface area contributed by atoms with Crippen molar-refractivity contribution >= 4 is 27.4 Å². The minimum atomic E-state index is -2.73. The molecule has 17 heavy (non-hydrogen) atoms. The molecule has 0 atom stereocenters. The molecule has 0 aliphatic heterocycles. The molecule has 5 N–H and O–H groups in total. The van der Waals surface area contributed by atoms with Crippen LogP contribution >= 0.6 is 21.8 Å². The fourth-order valence-corrected chi connectivity index (χ4v) is 0.725. The standard InChI is InChI=1S/C7H17F2N3.C3H9ISi/c8-7(9,6-11)2-5-12-4-1-3-10;1-5(2,3)4/h12H,1-6,10-11H2;1-3H3. The van der Waals surface area contributed by atoms with Gasteiger partial charge in [0, 0.05) is 13.0 Å². The Hall–Kier alpha value is 0.687. The molecule has 0 aromatic carbocycles. The first-order valence-electron chi connectivity index (χ1n) is 5.80. The fraction of sp³-hybridized carbons (Fsp3) is 1.00. The summed E-state index contributed by atoms with van der Waals surface area (Å²) in [6.45, 7) is 7.93. The third kappa shape index (κ3) is 26.4. The van der Waals surface area contributed by atoms with Crippen molar-refractivity contribution in [3.63, 3.8) is 0 Å². The summed E-state index contributed by atoms with van der Waals surface area (Å²) in [6.07, 6.45) is 0.613. The van der Waals surface area contributed by atoms with Crippen LogP contribution in [0.4, 0.5) is 8.78 Å². The summed E-state index contributed by atoms with van der Waals surface area (Å²) in [4.78, 5) is 0. The van der Waals surface area contributed by atoms with E-state index < -0.39 is 18.0 Å². The number of halogens is 3. The second-order valence-electron chi connectivity index (χ2n) is 4.77. The van der Waals surface area contributed by atoms with Crippen molar-refractivity contribution in [1.29, 1.82) is 0 Å². The van der Waals surface area contributed by atoms with Crippen LogP contribution in [0.15, 0.2) is 0 Å². The molecule has 7 heteroatoms. The van der Waals surface area contributed by atoms with E-state index in [0.717, 1.165) is 6.42 Å². The number of hydrogen-bond acceptors (Lipinski definition) is 3. The summed E-state index contributed by atoms with van der Waals surface area (Å²) >= 11 is 2.52. The van der Waals surface area contributed by atoms with Gasteiger partial charge in [0.15, 0.2) is 0 Å². The quantitative estimate of drug-likeness (QED) is 0.274. The molecule has 3 nitrogen and oxygen atoms in total. The molecule has 0 aliphatic carbocycles. The van der Waals surface area contributed by atoms with Crippen LogP contribution in [-0.2, 0) is 0 Å². The third-order valence-corrected chi connectivity index (χ3v) is 1.52. The van der Waals surface area contributed by atoms with E-state index >= 15 is 0 Å². The molecule has 0 rings (SSSR count). The third-order valence-electron chi connectivity index (χ3n) is 1.52. The van der Waals surface area contributed by atoms with E-state index in [1.54, 1.807) is 0 Å². The molecule has 0 aromatic rings. The Bertz CT molecular complexity index is 171. The first kappa shape index (κ1) is 20.0. The fourth-order valence-electron chi connectivity index (χ4n) is 0.725. The highest BCUT2D eigenvalue weighted by molar-refractivity contribution is 14.1. The number of nitrogens with two attached hydrogens (primary N) is 2. The Morgan fingerprint density at radius 2 is 1.65 bits per heavy atom. The van der Waals surface area contributed by atoms with Crippen LogP contribution in [0.2, 0.25) is 19.6 Å². The zero-order valence-electron chi connectivity index (χ0n) is 11.0. The van der Waals surface area contributed by atoms with E-state index in [-0.39, 0.29) is 6.42 Å². The van der Waals surface area contributed by atoms with Crippen LogP contribution in [0.25, 0.3) is 0 Å². The minimum absolute atomic E-state index is 0.200. The second-order valence-corrected chi connectivity index (χ2v) is 18.6. The van der Waals surface area contributed by atoms with Gasteiger partial charge in [-0.1, -0.05) is 19.6 Å². The summed E-state index contributed by atoms with van der Waals surface area (Å²) in [5, 5.41) is 2.86. The Balaban J connectivity index is 0. The highest BCUT2D eigenvalue weighted by Gasteiger charge is 2.25. The van der Waals surface area contributed by atoms with E-state index in [0.29, 0.717) is 19.6 Å². The maximum atomic E-state index is 12.5. The normalized spacial score (nSPS) is 12.0. The van der Waals surface area contributed by atoms with Gasteiger partial charge >= 0.3 is 0 Å². The van der Waals surface area contributed by atoms with Gasteiger partial charge in [0.1, 0.15) is 5.57 Å². The summed E-state index contributed by atoms with van der Waals surface area (Å²) in [6, 6.07) is 0. The molecule has 0 spiro atoms. The van der Waals surface area contributed by atoms with E-state index in [4.69, 9.17) is 11.5 Å². The van der Waals surface area contributed by atoms with E-state index in [2.05, 4.69) is 46.8 Å². The van der Waals surface area contributed by atoms with E-state index in [1.165, 1.54) is 0 Å². The Labute approximate surface area is 117 Å². The summed E-state index contributed by atoms with van der Waals surface area (Å²) in [7, 11) is 0. The average Bonchev–Trinajstić information content (AvgIpc) is 2.15. The molecule has 0 saturated carbocycles. The molecule has 0 aromatic heterocycles. The Morgan fingerprint density at radius 3 is 2.00 bits per heavy atom. The van der Waals surface area contributed by atoms with Crippen LogP contribution in [0.3, 0.4) is 0 Å². The number of nitrogens with one attached hydrogen (secondary N) is 1. The van der Waals surface area contributed by atoms with E-state index in [1.807, 2.05) is 0 Å². The number of hydrogen-bond donors (Lipinski definition) is 3. The lowest BCUT2D eigenvalue weighted by molar-refractivity contribution is 0.00270. The molecule has 0 bridgehead atoms. The molecule has 0 unspecified atom stereocenters. The van der Waals surface area contributed by atoms with Gasteiger partial charge < -0.3 is 16.8 Å². The van der Waals surface area contributed by atoms with Crippen molar-refractivity contribution in [2.45, 2.75) is 38.4 Å².